The van der Waals surface area contributed by atoms with E-state index in [1.54, 1.807) is 7.11 Å². The maximum absolute atomic E-state index is 11.6. The number of hydrogen-bond acceptors (Lipinski definition) is 2. The minimum atomic E-state index is 0.240. The molecule has 0 radical (unpaired) electrons. The minimum absolute atomic E-state index is 0.240. The van der Waals surface area contributed by atoms with Gasteiger partial charge >= 0.3 is 0 Å². The summed E-state index contributed by atoms with van der Waals surface area (Å²) >= 11 is 0. The van der Waals surface area contributed by atoms with Crippen molar-refractivity contribution in [2.24, 2.45) is 5.92 Å². The average molecular weight is 179 g/mol. The third-order valence-corrected chi connectivity index (χ3v) is 2.50. The molecule has 1 aromatic heterocycles. The largest absolute Gasteiger partial charge is 0.384 e. The van der Waals surface area contributed by atoms with Gasteiger partial charge in [0.25, 0.3) is 0 Å². The van der Waals surface area contributed by atoms with Gasteiger partial charge in [0.1, 0.15) is 0 Å². The van der Waals surface area contributed by atoms with Gasteiger partial charge in [-0.15, -0.1) is 0 Å². The molecule has 0 saturated heterocycles. The molecule has 2 rings (SSSR count). The third kappa shape index (κ3) is 1.52. The van der Waals surface area contributed by atoms with Crippen LogP contribution in [-0.2, 0) is 11.2 Å². The van der Waals surface area contributed by atoms with Crippen molar-refractivity contribution in [2.75, 3.05) is 13.7 Å². The molecule has 0 aromatic carbocycles. The number of aromatic amines is 1. The molecule has 1 aromatic rings. The van der Waals surface area contributed by atoms with Gasteiger partial charge in [-0.2, -0.15) is 0 Å². The van der Waals surface area contributed by atoms with E-state index in [4.69, 9.17) is 4.74 Å². The van der Waals surface area contributed by atoms with Crippen molar-refractivity contribution in [3.05, 3.63) is 23.5 Å². The van der Waals surface area contributed by atoms with Gasteiger partial charge < -0.3 is 9.72 Å². The van der Waals surface area contributed by atoms with Crippen LogP contribution in [0.1, 0.15) is 22.5 Å². The maximum Gasteiger partial charge on any atom is 0.165 e. The molecule has 0 saturated carbocycles. The Morgan fingerprint density at radius 3 is 3.23 bits per heavy atom. The van der Waals surface area contributed by atoms with Crippen LogP contribution in [0.15, 0.2) is 12.3 Å². The zero-order chi connectivity index (χ0) is 9.26. The Hall–Kier alpha value is -1.09. The number of hydrogen-bond donors (Lipinski definition) is 1. The topological polar surface area (TPSA) is 42.1 Å². The van der Waals surface area contributed by atoms with E-state index in [0.29, 0.717) is 18.9 Å². The molecule has 0 spiro atoms. The number of carbonyl (C=O) groups excluding carboxylic acids is 1. The molecule has 1 unspecified atom stereocenters. The average Bonchev–Trinajstić information content (AvgIpc) is 2.53. The first kappa shape index (κ1) is 8.51. The van der Waals surface area contributed by atoms with Crippen LogP contribution in [0.4, 0.5) is 0 Å². The summed E-state index contributed by atoms with van der Waals surface area (Å²) in [5.74, 6) is 0.591. The fourth-order valence-electron chi connectivity index (χ4n) is 1.92. The highest BCUT2D eigenvalue weighted by molar-refractivity contribution is 5.98. The van der Waals surface area contributed by atoms with Gasteiger partial charge in [0.15, 0.2) is 5.78 Å². The first-order valence-electron chi connectivity index (χ1n) is 4.49. The number of carbonyl (C=O) groups is 1. The Morgan fingerprint density at radius 1 is 1.62 bits per heavy atom. The molecule has 0 aliphatic heterocycles. The van der Waals surface area contributed by atoms with Gasteiger partial charge in [0.05, 0.1) is 0 Å². The highest BCUT2D eigenvalue weighted by atomic mass is 16.5. The number of fused-ring (bicyclic) bond motifs is 1. The molecule has 0 fully saturated rings. The molecule has 70 valence electrons. The second-order valence-electron chi connectivity index (χ2n) is 3.52. The number of ketones is 1. The lowest BCUT2D eigenvalue weighted by molar-refractivity contribution is 0.0884. The first-order valence-corrected chi connectivity index (χ1v) is 4.49. The molecule has 1 N–H and O–H groups in total. The normalized spacial score (nSPS) is 21.6. The third-order valence-electron chi connectivity index (χ3n) is 2.50. The Balaban J connectivity index is 2.19. The van der Waals surface area contributed by atoms with Crippen molar-refractivity contribution in [2.45, 2.75) is 12.8 Å². The van der Waals surface area contributed by atoms with Gasteiger partial charge in [0, 0.05) is 37.6 Å². The fraction of sp³-hybridized carbons (Fsp3) is 0.500. The second kappa shape index (κ2) is 3.34. The molecule has 3 nitrogen and oxygen atoms in total. The smallest absolute Gasteiger partial charge is 0.165 e. The van der Waals surface area contributed by atoms with Gasteiger partial charge in [-0.05, 0) is 18.4 Å². The molecule has 0 bridgehead atoms. The van der Waals surface area contributed by atoms with Gasteiger partial charge in [-0.3, -0.25) is 4.79 Å². The van der Waals surface area contributed by atoms with Gasteiger partial charge in [0.2, 0.25) is 0 Å². The molecule has 1 aliphatic rings. The number of H-pyrrole nitrogens is 1. The van der Waals surface area contributed by atoms with Crippen molar-refractivity contribution in [1.29, 1.82) is 0 Å². The minimum Gasteiger partial charge on any atom is -0.384 e. The van der Waals surface area contributed by atoms with E-state index >= 15 is 0 Å². The predicted molar refractivity (Wildman–Crippen MR) is 48.8 cm³/mol. The quantitative estimate of drug-likeness (QED) is 0.745. The lowest BCUT2D eigenvalue weighted by Gasteiger charge is -2.19. The zero-order valence-electron chi connectivity index (χ0n) is 7.67. The van der Waals surface area contributed by atoms with E-state index in [9.17, 15) is 4.79 Å². The van der Waals surface area contributed by atoms with Crippen molar-refractivity contribution in [3.63, 3.8) is 0 Å². The number of Topliss-reactive ketones (excluding diaryl/α,β-unsaturated/α-hetero) is 1. The highest BCUT2D eigenvalue weighted by Crippen LogP contribution is 2.24. The summed E-state index contributed by atoms with van der Waals surface area (Å²) in [5, 5.41) is 0. The van der Waals surface area contributed by atoms with Crippen LogP contribution in [0, 0.1) is 5.92 Å². The zero-order valence-corrected chi connectivity index (χ0v) is 7.67. The summed E-state index contributed by atoms with van der Waals surface area (Å²) in [7, 11) is 1.68. The van der Waals surface area contributed by atoms with Crippen molar-refractivity contribution >= 4 is 5.78 Å². The molecule has 0 amide bonds. The monoisotopic (exact) mass is 179 g/mol. The van der Waals surface area contributed by atoms with E-state index in [1.807, 2.05) is 12.3 Å². The molecular weight excluding hydrogens is 166 g/mol. The summed E-state index contributed by atoms with van der Waals surface area (Å²) in [6, 6.07) is 1.86. The Morgan fingerprint density at radius 2 is 2.46 bits per heavy atom. The van der Waals surface area contributed by atoms with E-state index in [2.05, 4.69) is 4.98 Å². The number of methoxy groups -OCH3 is 1. The van der Waals surface area contributed by atoms with Crippen LogP contribution in [-0.4, -0.2) is 24.5 Å². The van der Waals surface area contributed by atoms with Crippen LogP contribution in [0.25, 0.3) is 0 Å². The van der Waals surface area contributed by atoms with Crippen molar-refractivity contribution in [1.82, 2.24) is 4.98 Å². The van der Waals surface area contributed by atoms with E-state index in [0.717, 1.165) is 17.7 Å². The van der Waals surface area contributed by atoms with Crippen molar-refractivity contribution in [3.8, 4) is 0 Å². The summed E-state index contributed by atoms with van der Waals surface area (Å²) in [6.45, 7) is 0.671. The number of aromatic nitrogens is 1. The molecular formula is C10H13NO2. The molecule has 1 aliphatic carbocycles. The van der Waals surface area contributed by atoms with E-state index in [-0.39, 0.29) is 5.78 Å². The van der Waals surface area contributed by atoms with Crippen LogP contribution >= 0.6 is 0 Å². The Bertz CT molecular complexity index is 316. The highest BCUT2D eigenvalue weighted by Gasteiger charge is 2.25. The summed E-state index contributed by atoms with van der Waals surface area (Å²) in [4.78, 5) is 14.7. The number of nitrogens with one attached hydrogen (secondary N) is 1. The van der Waals surface area contributed by atoms with Crippen LogP contribution in [0.2, 0.25) is 0 Å². The van der Waals surface area contributed by atoms with Crippen LogP contribution in [0.5, 0.6) is 0 Å². The van der Waals surface area contributed by atoms with Crippen LogP contribution < -0.4 is 0 Å². The SMILES string of the molecule is COCC1CC(=O)c2cc[nH]c2C1. The predicted octanol–water partition coefficient (Wildman–Crippen LogP) is 1.41. The molecule has 1 heterocycles. The number of rotatable bonds is 2. The van der Waals surface area contributed by atoms with Crippen LogP contribution in [0.3, 0.4) is 0 Å². The second-order valence-corrected chi connectivity index (χ2v) is 3.52. The fourth-order valence-corrected chi connectivity index (χ4v) is 1.92. The van der Waals surface area contributed by atoms with E-state index in [1.165, 1.54) is 0 Å². The summed E-state index contributed by atoms with van der Waals surface area (Å²) in [6.07, 6.45) is 3.39. The standard InChI is InChI=1S/C10H13NO2/c1-13-6-7-4-9-8(2-3-11-9)10(12)5-7/h2-3,7,11H,4-6H2,1H3. The number of ether oxygens (including phenoxy) is 1. The Labute approximate surface area is 77.1 Å². The first-order chi connectivity index (χ1) is 6.31. The Kier molecular flexibility index (Phi) is 2.19. The van der Waals surface area contributed by atoms with Gasteiger partial charge in [-0.25, -0.2) is 0 Å². The van der Waals surface area contributed by atoms with Gasteiger partial charge in [-0.1, -0.05) is 0 Å². The lowest BCUT2D eigenvalue weighted by Crippen LogP contribution is -2.22. The molecule has 13 heavy (non-hydrogen) atoms. The van der Waals surface area contributed by atoms with Crippen molar-refractivity contribution < 1.29 is 9.53 Å². The molecule has 1 atom stereocenters. The summed E-state index contributed by atoms with van der Waals surface area (Å²) < 4.78 is 5.06. The van der Waals surface area contributed by atoms with E-state index < -0.39 is 0 Å². The summed E-state index contributed by atoms with van der Waals surface area (Å²) in [5.41, 5.74) is 1.94. The lowest BCUT2D eigenvalue weighted by atomic mass is 9.88. The molecule has 3 heteroatoms. The maximum atomic E-state index is 11.6.